The average Bonchev–Trinajstić information content (AvgIpc) is 2.87. The van der Waals surface area contributed by atoms with Gasteiger partial charge in [0.25, 0.3) is 0 Å². The summed E-state index contributed by atoms with van der Waals surface area (Å²) in [7, 11) is 5.06. The van der Waals surface area contributed by atoms with Gasteiger partial charge in [0, 0.05) is 6.04 Å². The molecule has 0 unspecified atom stereocenters. The zero-order valence-corrected chi connectivity index (χ0v) is 12.7. The fourth-order valence-corrected chi connectivity index (χ4v) is 2.20. The zero-order valence-electron chi connectivity index (χ0n) is 12.7. The Bertz CT molecular complexity index is 385. The minimum absolute atomic E-state index is 0.228. The summed E-state index contributed by atoms with van der Waals surface area (Å²) in [6.07, 6.45) is 3.82. The second kappa shape index (κ2) is 7.72. The van der Waals surface area contributed by atoms with Gasteiger partial charge in [-0.3, -0.25) is 4.58 Å². The molecule has 0 aliphatic heterocycles. The largest absolute Gasteiger partial charge is 0.478 e. The Morgan fingerprint density at radius 1 is 1.30 bits per heavy atom. The Hall–Kier alpha value is -1.79. The Morgan fingerprint density at radius 2 is 1.90 bits per heavy atom. The minimum atomic E-state index is -0.502. The molecule has 1 aliphatic carbocycles. The molecule has 3 amide bonds. The monoisotopic (exact) mass is 285 g/mol. The quantitative estimate of drug-likeness (QED) is 0.450. The molecule has 0 heterocycles. The van der Waals surface area contributed by atoms with Crippen LogP contribution in [0, 0.1) is 0 Å². The number of ether oxygens (including phenoxy) is 1. The van der Waals surface area contributed by atoms with Crippen LogP contribution in [0.4, 0.5) is 9.59 Å². The van der Waals surface area contributed by atoms with Gasteiger partial charge in [-0.1, -0.05) is 12.8 Å². The van der Waals surface area contributed by atoms with Crippen molar-refractivity contribution in [2.24, 2.45) is 0 Å². The van der Waals surface area contributed by atoms with Gasteiger partial charge in [-0.25, -0.2) is 9.59 Å². The molecule has 0 bridgehead atoms. The van der Waals surface area contributed by atoms with Crippen molar-refractivity contribution >= 4 is 18.1 Å². The van der Waals surface area contributed by atoms with Crippen LogP contribution in [0.2, 0.25) is 0 Å². The number of guanidine groups is 1. The molecular weight excluding hydrogens is 260 g/mol. The molecule has 0 atom stereocenters. The molecule has 0 saturated heterocycles. The number of hydrogen-bond acceptors (Lipinski definition) is 3. The van der Waals surface area contributed by atoms with Gasteiger partial charge in [0.15, 0.2) is 0 Å². The Labute approximate surface area is 120 Å². The number of carbonyl (C=O) groups is 2. The van der Waals surface area contributed by atoms with E-state index in [1.807, 2.05) is 0 Å². The number of amides is 3. The Morgan fingerprint density at radius 3 is 2.40 bits per heavy atom. The van der Waals surface area contributed by atoms with Crippen molar-refractivity contribution in [3.8, 4) is 0 Å². The molecule has 1 aliphatic rings. The number of nitrogens with zero attached hydrogens (tertiary/aromatic N) is 2. The highest BCUT2D eigenvalue weighted by Crippen LogP contribution is 2.17. The summed E-state index contributed by atoms with van der Waals surface area (Å²) in [5.74, 6) is 0.374. The van der Waals surface area contributed by atoms with Gasteiger partial charge in [0.05, 0.1) is 27.7 Å². The second-order valence-electron chi connectivity index (χ2n) is 5.06. The number of carbonyl (C=O) groups excluding carboxylic acids is 2. The molecule has 1 saturated carbocycles. The van der Waals surface area contributed by atoms with Crippen molar-refractivity contribution in [3.05, 3.63) is 0 Å². The SMILES string of the molecule is CCOC(=O)N(C)C(NC(=O)NC1CCCC1)=[N+](C)C. The van der Waals surface area contributed by atoms with E-state index in [4.69, 9.17) is 4.74 Å². The van der Waals surface area contributed by atoms with E-state index in [2.05, 4.69) is 10.6 Å². The summed E-state index contributed by atoms with van der Waals surface area (Å²) in [6, 6.07) is -0.0666. The molecule has 1 rings (SSSR count). The number of nitrogens with one attached hydrogen (secondary N) is 2. The lowest BCUT2D eigenvalue weighted by molar-refractivity contribution is -0.471. The maximum Gasteiger partial charge on any atom is 0.478 e. The van der Waals surface area contributed by atoms with Crippen LogP contribution in [0.5, 0.6) is 0 Å². The number of hydrogen-bond donors (Lipinski definition) is 2. The lowest BCUT2D eigenvalue weighted by atomic mass is 10.3. The number of urea groups is 1. The van der Waals surface area contributed by atoms with Crippen LogP contribution in [0.1, 0.15) is 32.6 Å². The van der Waals surface area contributed by atoms with Crippen molar-refractivity contribution in [1.82, 2.24) is 15.5 Å². The van der Waals surface area contributed by atoms with Crippen molar-refractivity contribution in [1.29, 1.82) is 0 Å². The fourth-order valence-electron chi connectivity index (χ4n) is 2.20. The average molecular weight is 285 g/mol. The van der Waals surface area contributed by atoms with Crippen molar-refractivity contribution in [2.45, 2.75) is 38.6 Å². The van der Waals surface area contributed by atoms with E-state index in [0.29, 0.717) is 5.96 Å². The van der Waals surface area contributed by atoms with Crippen LogP contribution in [0.25, 0.3) is 0 Å². The topological polar surface area (TPSA) is 73.7 Å². The molecule has 7 nitrogen and oxygen atoms in total. The van der Waals surface area contributed by atoms with Crippen molar-refractivity contribution < 1.29 is 18.9 Å². The molecule has 114 valence electrons. The third-order valence-corrected chi connectivity index (χ3v) is 3.20. The first-order valence-corrected chi connectivity index (χ1v) is 6.98. The standard InChI is InChI=1S/C13H24N4O3/c1-5-20-13(19)17(4)12(16(2)3)15-11(18)14-10-8-6-7-9-10/h10H,5-9H2,1-4H3,(H,14,18)/p+1. The zero-order chi connectivity index (χ0) is 15.1. The molecular formula is C13H25N4O3+. The molecule has 20 heavy (non-hydrogen) atoms. The van der Waals surface area contributed by atoms with Crippen molar-refractivity contribution in [3.63, 3.8) is 0 Å². The van der Waals surface area contributed by atoms with Gasteiger partial charge >= 0.3 is 18.1 Å². The highest BCUT2D eigenvalue weighted by Gasteiger charge is 2.28. The highest BCUT2D eigenvalue weighted by atomic mass is 16.6. The van der Waals surface area contributed by atoms with E-state index in [0.717, 1.165) is 25.7 Å². The van der Waals surface area contributed by atoms with E-state index >= 15 is 0 Å². The third kappa shape index (κ3) is 4.71. The van der Waals surface area contributed by atoms with Gasteiger partial charge < -0.3 is 10.1 Å². The third-order valence-electron chi connectivity index (χ3n) is 3.20. The predicted molar refractivity (Wildman–Crippen MR) is 75.8 cm³/mol. The van der Waals surface area contributed by atoms with Crippen LogP contribution in [0.15, 0.2) is 0 Å². The smallest absolute Gasteiger partial charge is 0.438 e. The van der Waals surface area contributed by atoms with Gasteiger partial charge in [-0.15, -0.1) is 0 Å². The van der Waals surface area contributed by atoms with E-state index in [1.54, 1.807) is 32.6 Å². The van der Waals surface area contributed by atoms with Gasteiger partial charge in [-0.2, -0.15) is 10.2 Å². The van der Waals surface area contributed by atoms with E-state index in [9.17, 15) is 9.59 Å². The van der Waals surface area contributed by atoms with E-state index < -0.39 is 6.09 Å². The van der Waals surface area contributed by atoms with Gasteiger partial charge in [-0.05, 0) is 19.8 Å². The molecule has 0 aromatic heterocycles. The first-order chi connectivity index (χ1) is 9.45. The van der Waals surface area contributed by atoms with Crippen LogP contribution in [-0.4, -0.2) is 61.4 Å². The Balaban J connectivity index is 2.61. The summed E-state index contributed by atoms with van der Waals surface area (Å²) in [5.41, 5.74) is 0. The summed E-state index contributed by atoms with van der Waals surface area (Å²) in [4.78, 5) is 24.9. The van der Waals surface area contributed by atoms with Crippen LogP contribution < -0.4 is 10.6 Å². The lowest BCUT2D eigenvalue weighted by Gasteiger charge is -2.16. The predicted octanol–water partition coefficient (Wildman–Crippen LogP) is 0.945. The maximum atomic E-state index is 12.0. The Kier molecular flexibility index (Phi) is 6.27. The van der Waals surface area contributed by atoms with Crippen LogP contribution in [-0.2, 0) is 4.74 Å². The van der Waals surface area contributed by atoms with Crippen LogP contribution >= 0.6 is 0 Å². The first kappa shape index (κ1) is 16.3. The molecule has 0 spiro atoms. The molecule has 0 aromatic carbocycles. The van der Waals surface area contributed by atoms with Gasteiger partial charge in [0.1, 0.15) is 0 Å². The highest BCUT2D eigenvalue weighted by molar-refractivity contribution is 6.00. The molecule has 7 heteroatoms. The molecule has 2 N–H and O–H groups in total. The summed E-state index contributed by atoms with van der Waals surface area (Å²) in [5, 5.41) is 5.61. The molecule has 0 radical (unpaired) electrons. The second-order valence-corrected chi connectivity index (χ2v) is 5.06. The number of rotatable bonds is 2. The lowest BCUT2D eigenvalue weighted by Crippen LogP contribution is -2.53. The van der Waals surface area contributed by atoms with Crippen molar-refractivity contribution in [2.75, 3.05) is 27.7 Å². The maximum absolute atomic E-state index is 12.0. The summed E-state index contributed by atoms with van der Waals surface area (Å²) < 4.78 is 6.58. The van der Waals surface area contributed by atoms with Gasteiger partial charge in [0.2, 0.25) is 0 Å². The summed E-state index contributed by atoms with van der Waals surface area (Å²) >= 11 is 0. The molecule has 0 aromatic rings. The fraction of sp³-hybridized carbons (Fsp3) is 0.769. The normalized spacial score (nSPS) is 14.6. The minimum Gasteiger partial charge on any atom is -0.438 e. The summed E-state index contributed by atoms with van der Waals surface area (Å²) in [6.45, 7) is 2.03. The van der Waals surface area contributed by atoms with Crippen LogP contribution in [0.3, 0.4) is 0 Å². The molecule has 1 fully saturated rings. The van der Waals surface area contributed by atoms with E-state index in [1.165, 1.54) is 4.90 Å². The first-order valence-electron chi connectivity index (χ1n) is 6.98. The van der Waals surface area contributed by atoms with E-state index in [-0.39, 0.29) is 18.7 Å².